The summed E-state index contributed by atoms with van der Waals surface area (Å²) in [6.07, 6.45) is 0. The maximum absolute atomic E-state index is 3.52. The van der Waals surface area contributed by atoms with E-state index in [-0.39, 0.29) is 0 Å². The standard InChI is InChI=1S/C13H22BrN3S/c1-11-9-17(6-5-16(11)2)4-3-15-8-13-7-12(14)10-18-13/h7,10-11,15H,3-6,8-9H2,1-2H3. The lowest BCUT2D eigenvalue weighted by Crippen LogP contribution is -2.51. The Balaban J connectivity index is 1.61. The van der Waals surface area contributed by atoms with Gasteiger partial charge in [-0.2, -0.15) is 0 Å². The van der Waals surface area contributed by atoms with Crippen molar-refractivity contribution in [3.05, 3.63) is 20.8 Å². The highest BCUT2D eigenvalue weighted by atomic mass is 79.9. The molecule has 3 nitrogen and oxygen atoms in total. The summed E-state index contributed by atoms with van der Waals surface area (Å²) in [4.78, 5) is 6.39. The van der Waals surface area contributed by atoms with Gasteiger partial charge in [-0.15, -0.1) is 11.3 Å². The Morgan fingerprint density at radius 3 is 3.00 bits per heavy atom. The molecule has 1 aliphatic rings. The Hall–Kier alpha value is 0.0600. The summed E-state index contributed by atoms with van der Waals surface area (Å²) in [6.45, 7) is 9.12. The Morgan fingerprint density at radius 2 is 2.33 bits per heavy atom. The topological polar surface area (TPSA) is 18.5 Å². The quantitative estimate of drug-likeness (QED) is 0.835. The van der Waals surface area contributed by atoms with Crippen molar-refractivity contribution >= 4 is 27.3 Å². The number of piperazine rings is 1. The molecule has 1 N–H and O–H groups in total. The van der Waals surface area contributed by atoms with Gasteiger partial charge in [0.2, 0.25) is 0 Å². The summed E-state index contributed by atoms with van der Waals surface area (Å²) < 4.78 is 1.19. The molecule has 1 unspecified atom stereocenters. The summed E-state index contributed by atoms with van der Waals surface area (Å²) in [5.74, 6) is 0. The van der Waals surface area contributed by atoms with Crippen LogP contribution in [0.25, 0.3) is 0 Å². The predicted octanol–water partition coefficient (Wildman–Crippen LogP) is 2.24. The lowest BCUT2D eigenvalue weighted by molar-refractivity contribution is 0.106. The van der Waals surface area contributed by atoms with Crippen LogP contribution in [0, 0.1) is 0 Å². The van der Waals surface area contributed by atoms with Crippen molar-refractivity contribution in [2.24, 2.45) is 0 Å². The molecular formula is C13H22BrN3S. The van der Waals surface area contributed by atoms with Crippen molar-refractivity contribution < 1.29 is 0 Å². The third-order valence-corrected chi connectivity index (χ3v) is 5.27. The smallest absolute Gasteiger partial charge is 0.0300 e. The Bertz CT molecular complexity index is 369. The molecular weight excluding hydrogens is 310 g/mol. The van der Waals surface area contributed by atoms with Gasteiger partial charge >= 0.3 is 0 Å². The van der Waals surface area contributed by atoms with Crippen LogP contribution in [0.2, 0.25) is 0 Å². The fourth-order valence-electron chi connectivity index (χ4n) is 2.22. The minimum Gasteiger partial charge on any atom is -0.311 e. The van der Waals surface area contributed by atoms with Gasteiger partial charge in [-0.1, -0.05) is 0 Å². The molecule has 1 atom stereocenters. The maximum atomic E-state index is 3.52. The van der Waals surface area contributed by atoms with Crippen LogP contribution >= 0.6 is 27.3 Å². The Labute approximate surface area is 122 Å². The van der Waals surface area contributed by atoms with Crippen molar-refractivity contribution in [3.63, 3.8) is 0 Å². The summed E-state index contributed by atoms with van der Waals surface area (Å²) in [5, 5.41) is 5.66. The number of likely N-dealkylation sites (N-methyl/N-ethyl adjacent to an activating group) is 1. The van der Waals surface area contributed by atoms with E-state index in [4.69, 9.17) is 0 Å². The van der Waals surface area contributed by atoms with Crippen LogP contribution in [0.4, 0.5) is 0 Å². The van der Waals surface area contributed by atoms with Gasteiger partial charge in [0.1, 0.15) is 0 Å². The first kappa shape index (κ1) is 14.5. The van der Waals surface area contributed by atoms with E-state index in [1.807, 2.05) is 0 Å². The van der Waals surface area contributed by atoms with Crippen LogP contribution in [-0.2, 0) is 6.54 Å². The molecule has 0 saturated carbocycles. The van der Waals surface area contributed by atoms with Gasteiger partial charge < -0.3 is 10.2 Å². The highest BCUT2D eigenvalue weighted by Crippen LogP contribution is 2.19. The second-order valence-electron chi connectivity index (χ2n) is 5.04. The first-order chi connectivity index (χ1) is 8.65. The Kier molecular flexibility index (Phi) is 5.63. The van der Waals surface area contributed by atoms with E-state index in [1.54, 1.807) is 11.3 Å². The molecule has 18 heavy (non-hydrogen) atoms. The minimum atomic E-state index is 0.687. The number of nitrogens with one attached hydrogen (secondary N) is 1. The highest BCUT2D eigenvalue weighted by molar-refractivity contribution is 9.10. The van der Waals surface area contributed by atoms with E-state index in [0.717, 1.165) is 19.6 Å². The molecule has 0 radical (unpaired) electrons. The molecule has 1 fully saturated rings. The van der Waals surface area contributed by atoms with Crippen molar-refractivity contribution in [1.82, 2.24) is 15.1 Å². The van der Waals surface area contributed by atoms with E-state index in [9.17, 15) is 0 Å². The number of halogens is 1. The Morgan fingerprint density at radius 1 is 1.50 bits per heavy atom. The van der Waals surface area contributed by atoms with Gasteiger partial charge in [0.05, 0.1) is 0 Å². The second-order valence-corrected chi connectivity index (χ2v) is 6.95. The SMILES string of the molecule is CC1CN(CCNCc2cc(Br)cs2)CCN1C. The van der Waals surface area contributed by atoms with Crippen LogP contribution in [-0.4, -0.2) is 55.6 Å². The van der Waals surface area contributed by atoms with Gasteiger partial charge in [0.15, 0.2) is 0 Å². The number of hydrogen-bond donors (Lipinski definition) is 1. The average molecular weight is 332 g/mol. The number of rotatable bonds is 5. The van der Waals surface area contributed by atoms with Gasteiger partial charge in [-0.3, -0.25) is 4.90 Å². The zero-order valence-electron chi connectivity index (χ0n) is 11.2. The summed E-state index contributed by atoms with van der Waals surface area (Å²) in [6, 6.07) is 2.88. The summed E-state index contributed by atoms with van der Waals surface area (Å²) >= 11 is 5.29. The summed E-state index contributed by atoms with van der Waals surface area (Å²) in [7, 11) is 2.22. The fraction of sp³-hybridized carbons (Fsp3) is 0.692. The van der Waals surface area contributed by atoms with E-state index in [0.29, 0.717) is 6.04 Å². The monoisotopic (exact) mass is 331 g/mol. The predicted molar refractivity (Wildman–Crippen MR) is 82.3 cm³/mol. The largest absolute Gasteiger partial charge is 0.311 e. The molecule has 0 aromatic carbocycles. The molecule has 2 heterocycles. The van der Waals surface area contributed by atoms with E-state index >= 15 is 0 Å². The van der Waals surface area contributed by atoms with Crippen molar-refractivity contribution in [2.45, 2.75) is 19.5 Å². The molecule has 102 valence electrons. The van der Waals surface area contributed by atoms with Crippen LogP contribution in [0.3, 0.4) is 0 Å². The molecule has 1 aliphatic heterocycles. The maximum Gasteiger partial charge on any atom is 0.0300 e. The molecule has 0 spiro atoms. The van der Waals surface area contributed by atoms with E-state index in [2.05, 4.69) is 56.5 Å². The lowest BCUT2D eigenvalue weighted by atomic mass is 10.2. The van der Waals surface area contributed by atoms with Crippen molar-refractivity contribution in [1.29, 1.82) is 0 Å². The van der Waals surface area contributed by atoms with Crippen LogP contribution in [0.15, 0.2) is 15.9 Å². The van der Waals surface area contributed by atoms with E-state index < -0.39 is 0 Å². The number of hydrogen-bond acceptors (Lipinski definition) is 4. The molecule has 1 aromatic heterocycles. The zero-order valence-corrected chi connectivity index (χ0v) is 13.6. The van der Waals surface area contributed by atoms with Crippen LogP contribution < -0.4 is 5.32 Å². The first-order valence-corrected chi connectivity index (χ1v) is 8.18. The van der Waals surface area contributed by atoms with Crippen molar-refractivity contribution in [2.75, 3.05) is 39.8 Å². The highest BCUT2D eigenvalue weighted by Gasteiger charge is 2.19. The molecule has 1 saturated heterocycles. The van der Waals surface area contributed by atoms with E-state index in [1.165, 1.54) is 29.0 Å². The molecule has 0 aliphatic carbocycles. The molecule has 0 amide bonds. The van der Waals surface area contributed by atoms with Gasteiger partial charge in [0, 0.05) is 60.0 Å². The minimum absolute atomic E-state index is 0.687. The number of nitrogens with zero attached hydrogens (tertiary/aromatic N) is 2. The number of thiophene rings is 1. The van der Waals surface area contributed by atoms with Crippen LogP contribution in [0.5, 0.6) is 0 Å². The van der Waals surface area contributed by atoms with Gasteiger partial charge in [0.25, 0.3) is 0 Å². The third-order valence-electron chi connectivity index (χ3n) is 3.57. The van der Waals surface area contributed by atoms with Crippen LogP contribution in [0.1, 0.15) is 11.8 Å². The molecule has 5 heteroatoms. The van der Waals surface area contributed by atoms with Crippen molar-refractivity contribution in [3.8, 4) is 0 Å². The normalized spacial score (nSPS) is 22.5. The third kappa shape index (κ3) is 4.31. The molecule has 0 bridgehead atoms. The zero-order chi connectivity index (χ0) is 13.0. The average Bonchev–Trinajstić information content (AvgIpc) is 2.75. The second kappa shape index (κ2) is 7.01. The molecule has 2 rings (SSSR count). The molecule has 1 aromatic rings. The first-order valence-electron chi connectivity index (χ1n) is 6.51. The van der Waals surface area contributed by atoms with Gasteiger partial charge in [-0.05, 0) is 36.0 Å². The summed E-state index contributed by atoms with van der Waals surface area (Å²) in [5.41, 5.74) is 0. The fourth-order valence-corrected chi connectivity index (χ4v) is 3.64. The lowest BCUT2D eigenvalue weighted by Gasteiger charge is -2.37. The van der Waals surface area contributed by atoms with Gasteiger partial charge in [-0.25, -0.2) is 0 Å².